The molecule has 0 bridgehead atoms. The summed E-state index contributed by atoms with van der Waals surface area (Å²) in [6.07, 6.45) is 3.50. The summed E-state index contributed by atoms with van der Waals surface area (Å²) in [7, 11) is 0. The lowest BCUT2D eigenvalue weighted by molar-refractivity contribution is -0.117. The Morgan fingerprint density at radius 1 is 1.41 bits per heavy atom. The summed E-state index contributed by atoms with van der Waals surface area (Å²) in [6, 6.07) is 8.04. The van der Waals surface area contributed by atoms with Crippen LogP contribution in [0.15, 0.2) is 34.8 Å². The van der Waals surface area contributed by atoms with Crippen molar-refractivity contribution in [1.29, 1.82) is 0 Å². The molecule has 17 heavy (non-hydrogen) atoms. The SMILES string of the molecule is NC(=O)C1CC2=C(S1)c1ccccc1N=CC2. The smallest absolute Gasteiger partial charge is 0.231 e. The average Bonchev–Trinajstić information content (AvgIpc) is 2.67. The molecule has 86 valence electrons. The van der Waals surface area contributed by atoms with E-state index in [4.69, 9.17) is 5.73 Å². The molecule has 3 rings (SSSR count). The number of amides is 1. The molecule has 0 spiro atoms. The predicted molar refractivity (Wildman–Crippen MR) is 71.3 cm³/mol. The van der Waals surface area contributed by atoms with Crippen LogP contribution in [0.4, 0.5) is 5.69 Å². The lowest BCUT2D eigenvalue weighted by atomic mass is 10.0. The van der Waals surface area contributed by atoms with E-state index in [0.29, 0.717) is 0 Å². The Kier molecular flexibility index (Phi) is 2.52. The highest BCUT2D eigenvalue weighted by Gasteiger charge is 2.30. The number of benzene rings is 1. The maximum absolute atomic E-state index is 11.3. The molecule has 0 radical (unpaired) electrons. The summed E-state index contributed by atoms with van der Waals surface area (Å²) in [4.78, 5) is 16.9. The van der Waals surface area contributed by atoms with Gasteiger partial charge in [0.25, 0.3) is 0 Å². The zero-order valence-electron chi connectivity index (χ0n) is 9.22. The summed E-state index contributed by atoms with van der Waals surface area (Å²) in [5, 5.41) is -0.112. The van der Waals surface area contributed by atoms with E-state index in [9.17, 15) is 4.79 Å². The standard InChI is InChI=1S/C13H12N2OS/c14-13(16)11-7-8-5-6-15-10-4-2-1-3-9(10)12(8)17-11/h1-4,6,11H,5,7H2,(H2,14,16). The normalized spacial score (nSPS) is 22.0. The Balaban J connectivity index is 2.05. The van der Waals surface area contributed by atoms with E-state index in [1.54, 1.807) is 11.8 Å². The van der Waals surface area contributed by atoms with Gasteiger partial charge in [-0.25, -0.2) is 0 Å². The molecular weight excluding hydrogens is 232 g/mol. The Morgan fingerprint density at radius 2 is 2.24 bits per heavy atom. The Hall–Kier alpha value is -1.55. The first kappa shape index (κ1) is 10.6. The molecule has 0 saturated heterocycles. The van der Waals surface area contributed by atoms with Crippen molar-refractivity contribution in [1.82, 2.24) is 0 Å². The molecule has 2 heterocycles. The molecule has 2 aliphatic rings. The van der Waals surface area contributed by atoms with Gasteiger partial charge < -0.3 is 5.73 Å². The number of fused-ring (bicyclic) bond motifs is 2. The van der Waals surface area contributed by atoms with E-state index < -0.39 is 0 Å². The average molecular weight is 244 g/mol. The fraction of sp³-hybridized carbons (Fsp3) is 0.231. The minimum atomic E-state index is -0.225. The molecule has 1 amide bonds. The highest BCUT2D eigenvalue weighted by molar-refractivity contribution is 8.09. The third-order valence-corrected chi connectivity index (χ3v) is 4.47. The van der Waals surface area contributed by atoms with Crippen molar-refractivity contribution in [2.45, 2.75) is 18.1 Å². The highest BCUT2D eigenvalue weighted by Crippen LogP contribution is 2.48. The third kappa shape index (κ3) is 1.78. The van der Waals surface area contributed by atoms with Gasteiger partial charge in [-0.3, -0.25) is 9.79 Å². The van der Waals surface area contributed by atoms with Crippen LogP contribution in [0.3, 0.4) is 0 Å². The van der Waals surface area contributed by atoms with E-state index in [2.05, 4.69) is 11.1 Å². The Labute approximate surface area is 104 Å². The number of hydrogen-bond acceptors (Lipinski definition) is 3. The van der Waals surface area contributed by atoms with Crippen LogP contribution in [0, 0.1) is 0 Å². The first-order chi connectivity index (χ1) is 8.25. The van der Waals surface area contributed by atoms with E-state index >= 15 is 0 Å². The first-order valence-electron chi connectivity index (χ1n) is 5.55. The van der Waals surface area contributed by atoms with Crippen molar-refractivity contribution in [3.63, 3.8) is 0 Å². The zero-order chi connectivity index (χ0) is 11.8. The monoisotopic (exact) mass is 244 g/mol. The summed E-state index contributed by atoms with van der Waals surface area (Å²) >= 11 is 1.58. The molecule has 1 aromatic rings. The number of rotatable bonds is 1. The van der Waals surface area contributed by atoms with Gasteiger partial charge in [-0.2, -0.15) is 0 Å². The van der Waals surface area contributed by atoms with Crippen LogP contribution >= 0.6 is 11.8 Å². The van der Waals surface area contributed by atoms with Crippen LogP contribution in [0.5, 0.6) is 0 Å². The van der Waals surface area contributed by atoms with Crippen molar-refractivity contribution >= 4 is 34.5 Å². The van der Waals surface area contributed by atoms with Gasteiger partial charge in [0.1, 0.15) is 0 Å². The van der Waals surface area contributed by atoms with Crippen LogP contribution in [-0.2, 0) is 4.79 Å². The molecule has 1 atom stereocenters. The van der Waals surface area contributed by atoms with Crippen molar-refractivity contribution in [2.75, 3.05) is 0 Å². The molecule has 1 aromatic carbocycles. The minimum absolute atomic E-state index is 0.112. The van der Waals surface area contributed by atoms with Crippen molar-refractivity contribution in [3.05, 3.63) is 35.4 Å². The zero-order valence-corrected chi connectivity index (χ0v) is 10.0. The lowest BCUT2D eigenvalue weighted by Crippen LogP contribution is -2.23. The van der Waals surface area contributed by atoms with Crippen LogP contribution in [0.1, 0.15) is 18.4 Å². The molecule has 3 nitrogen and oxygen atoms in total. The fourth-order valence-electron chi connectivity index (χ4n) is 2.20. The topological polar surface area (TPSA) is 55.5 Å². The predicted octanol–water partition coefficient (Wildman–Crippen LogP) is 2.49. The number of hydrogen-bond donors (Lipinski definition) is 1. The second-order valence-corrected chi connectivity index (χ2v) is 5.39. The number of allylic oxidation sites excluding steroid dienone is 1. The maximum atomic E-state index is 11.3. The van der Waals surface area contributed by atoms with Crippen LogP contribution in [0.25, 0.3) is 4.91 Å². The van der Waals surface area contributed by atoms with Gasteiger partial charge in [0.2, 0.25) is 5.91 Å². The molecule has 0 aliphatic carbocycles. The molecule has 2 aliphatic heterocycles. The fourth-order valence-corrected chi connectivity index (χ4v) is 3.52. The van der Waals surface area contributed by atoms with Gasteiger partial charge in [-0.1, -0.05) is 18.2 Å². The van der Waals surface area contributed by atoms with Gasteiger partial charge in [-0.05, 0) is 18.1 Å². The molecule has 0 fully saturated rings. The van der Waals surface area contributed by atoms with Crippen molar-refractivity contribution in [3.8, 4) is 0 Å². The molecule has 1 unspecified atom stereocenters. The Bertz CT molecular complexity index is 548. The van der Waals surface area contributed by atoms with Crippen molar-refractivity contribution < 1.29 is 4.79 Å². The van der Waals surface area contributed by atoms with Gasteiger partial charge in [0.15, 0.2) is 0 Å². The number of carbonyl (C=O) groups is 1. The second kappa shape index (κ2) is 4.04. The molecule has 0 aromatic heterocycles. The van der Waals surface area contributed by atoms with E-state index in [1.807, 2.05) is 24.4 Å². The quantitative estimate of drug-likeness (QED) is 0.825. The molecule has 4 heteroatoms. The van der Waals surface area contributed by atoms with Crippen LogP contribution in [0.2, 0.25) is 0 Å². The van der Waals surface area contributed by atoms with E-state index in [0.717, 1.165) is 24.1 Å². The van der Waals surface area contributed by atoms with Crippen LogP contribution < -0.4 is 5.73 Å². The van der Waals surface area contributed by atoms with Gasteiger partial charge >= 0.3 is 0 Å². The molecular formula is C13H12N2OS. The summed E-state index contributed by atoms with van der Waals surface area (Å²) in [5.41, 5.74) is 8.79. The highest BCUT2D eigenvalue weighted by atomic mass is 32.2. The largest absolute Gasteiger partial charge is 0.369 e. The number of para-hydroxylation sites is 1. The number of nitrogens with zero attached hydrogens (tertiary/aromatic N) is 1. The number of primary amides is 1. The second-order valence-electron chi connectivity index (χ2n) is 4.18. The van der Waals surface area contributed by atoms with E-state index in [-0.39, 0.29) is 11.2 Å². The summed E-state index contributed by atoms with van der Waals surface area (Å²) < 4.78 is 0. The maximum Gasteiger partial charge on any atom is 0.231 e. The van der Waals surface area contributed by atoms with Gasteiger partial charge in [0.05, 0.1) is 10.9 Å². The molecule has 0 saturated carbocycles. The minimum Gasteiger partial charge on any atom is -0.369 e. The summed E-state index contributed by atoms with van der Waals surface area (Å²) in [5.74, 6) is -0.225. The van der Waals surface area contributed by atoms with Crippen LogP contribution in [-0.4, -0.2) is 17.4 Å². The lowest BCUT2D eigenvalue weighted by Gasteiger charge is -2.07. The number of nitrogens with two attached hydrogens (primary N) is 1. The van der Waals surface area contributed by atoms with Gasteiger partial charge in [-0.15, -0.1) is 11.8 Å². The van der Waals surface area contributed by atoms with Crippen molar-refractivity contribution in [2.24, 2.45) is 10.7 Å². The molecule has 2 N–H and O–H groups in total. The number of carbonyl (C=O) groups excluding carboxylic acids is 1. The van der Waals surface area contributed by atoms with E-state index in [1.165, 1.54) is 10.5 Å². The Morgan fingerprint density at radius 3 is 3.06 bits per heavy atom. The summed E-state index contributed by atoms with van der Waals surface area (Å²) in [6.45, 7) is 0. The van der Waals surface area contributed by atoms with Gasteiger partial charge in [0, 0.05) is 23.1 Å². The first-order valence-corrected chi connectivity index (χ1v) is 6.43. The number of thioether (sulfide) groups is 1. The third-order valence-electron chi connectivity index (χ3n) is 3.05. The number of aliphatic imine (C=N–C) groups is 1.